The van der Waals surface area contributed by atoms with Crippen LogP contribution in [0.1, 0.15) is 17.7 Å². The Balaban J connectivity index is 1.83. The van der Waals surface area contributed by atoms with Crippen molar-refractivity contribution in [3.8, 4) is 0 Å². The van der Waals surface area contributed by atoms with E-state index in [1.165, 1.54) is 12.1 Å². The van der Waals surface area contributed by atoms with Crippen molar-refractivity contribution in [1.82, 2.24) is 20.3 Å². The molecule has 0 spiro atoms. The number of nitrogens with one attached hydrogen (secondary N) is 1. The molecule has 20 heavy (non-hydrogen) atoms. The fourth-order valence-corrected chi connectivity index (χ4v) is 2.15. The molecular formula is C13H16BrFN4O. The van der Waals surface area contributed by atoms with Crippen molar-refractivity contribution < 1.29 is 9.50 Å². The fraction of sp³-hybridized carbons (Fsp3) is 0.385. The number of nitrogens with zero attached hydrogens (tertiary/aromatic N) is 3. The largest absolute Gasteiger partial charge is 0.396 e. The lowest BCUT2D eigenvalue weighted by Gasteiger charge is -2.05. The first kappa shape index (κ1) is 15.1. The van der Waals surface area contributed by atoms with E-state index < -0.39 is 0 Å². The lowest BCUT2D eigenvalue weighted by molar-refractivity contribution is 0.276. The van der Waals surface area contributed by atoms with Crippen LogP contribution in [-0.2, 0) is 19.6 Å². The van der Waals surface area contributed by atoms with Crippen LogP contribution in [0.4, 0.5) is 4.39 Å². The topological polar surface area (TPSA) is 63.0 Å². The summed E-state index contributed by atoms with van der Waals surface area (Å²) in [5.74, 6) is -0.250. The molecule has 0 atom stereocenters. The van der Waals surface area contributed by atoms with Crippen molar-refractivity contribution in [3.63, 3.8) is 0 Å². The highest BCUT2D eigenvalue weighted by atomic mass is 79.9. The van der Waals surface area contributed by atoms with E-state index in [1.54, 1.807) is 10.7 Å². The molecule has 0 aliphatic carbocycles. The lowest BCUT2D eigenvalue weighted by Crippen LogP contribution is -2.13. The van der Waals surface area contributed by atoms with Crippen LogP contribution in [0.3, 0.4) is 0 Å². The zero-order chi connectivity index (χ0) is 14.4. The second-order valence-electron chi connectivity index (χ2n) is 4.39. The molecule has 0 amide bonds. The third kappa shape index (κ3) is 4.36. The molecule has 2 N–H and O–H groups in total. The fourth-order valence-electron chi connectivity index (χ4n) is 1.77. The van der Waals surface area contributed by atoms with Crippen molar-refractivity contribution in [2.75, 3.05) is 6.61 Å². The number of aliphatic hydroxyl groups is 1. The third-order valence-electron chi connectivity index (χ3n) is 2.76. The molecule has 0 radical (unpaired) electrons. The van der Waals surface area contributed by atoms with Gasteiger partial charge in [0, 0.05) is 36.9 Å². The molecule has 108 valence electrons. The number of benzene rings is 1. The number of rotatable bonds is 7. The minimum atomic E-state index is -0.250. The summed E-state index contributed by atoms with van der Waals surface area (Å²) in [6, 6.07) is 4.60. The van der Waals surface area contributed by atoms with Crippen LogP contribution in [0.15, 0.2) is 28.9 Å². The molecule has 0 bridgehead atoms. The average molecular weight is 343 g/mol. The van der Waals surface area contributed by atoms with Crippen molar-refractivity contribution in [2.45, 2.75) is 26.1 Å². The predicted octanol–water partition coefficient (Wildman–Crippen LogP) is 1.85. The Labute approximate surface area is 124 Å². The monoisotopic (exact) mass is 342 g/mol. The summed E-state index contributed by atoms with van der Waals surface area (Å²) in [6.45, 7) is 1.89. The van der Waals surface area contributed by atoms with Crippen molar-refractivity contribution in [2.24, 2.45) is 0 Å². The van der Waals surface area contributed by atoms with Crippen LogP contribution in [0.5, 0.6) is 0 Å². The van der Waals surface area contributed by atoms with Gasteiger partial charge in [-0.1, -0.05) is 21.1 Å². The molecule has 2 rings (SSSR count). The van der Waals surface area contributed by atoms with Gasteiger partial charge < -0.3 is 10.4 Å². The van der Waals surface area contributed by atoms with Crippen molar-refractivity contribution in [1.29, 1.82) is 0 Å². The first-order valence-electron chi connectivity index (χ1n) is 6.33. The number of aryl methyl sites for hydroxylation is 1. The van der Waals surface area contributed by atoms with E-state index in [2.05, 4.69) is 31.6 Å². The number of hydrogen-bond donors (Lipinski definition) is 2. The van der Waals surface area contributed by atoms with Crippen LogP contribution in [-0.4, -0.2) is 26.7 Å². The van der Waals surface area contributed by atoms with Gasteiger partial charge in [0.1, 0.15) is 5.82 Å². The lowest BCUT2D eigenvalue weighted by atomic mass is 10.2. The molecule has 0 saturated carbocycles. The summed E-state index contributed by atoms with van der Waals surface area (Å²) in [5, 5.41) is 19.9. The Morgan fingerprint density at radius 1 is 1.35 bits per heavy atom. The maximum Gasteiger partial charge on any atom is 0.123 e. The van der Waals surface area contributed by atoms with Gasteiger partial charge in [-0.05, 0) is 30.2 Å². The number of aliphatic hydroxyl groups excluding tert-OH is 1. The Hall–Kier alpha value is -1.31. The van der Waals surface area contributed by atoms with E-state index in [-0.39, 0.29) is 12.4 Å². The minimum Gasteiger partial charge on any atom is -0.396 e. The summed E-state index contributed by atoms with van der Waals surface area (Å²) in [4.78, 5) is 0. The van der Waals surface area contributed by atoms with E-state index in [0.717, 1.165) is 15.7 Å². The molecule has 0 fully saturated rings. The van der Waals surface area contributed by atoms with Crippen molar-refractivity contribution in [3.05, 3.63) is 45.9 Å². The van der Waals surface area contributed by atoms with E-state index in [0.29, 0.717) is 26.1 Å². The summed E-state index contributed by atoms with van der Waals surface area (Å²) >= 11 is 3.39. The molecule has 0 unspecified atom stereocenters. The Morgan fingerprint density at radius 3 is 3.00 bits per heavy atom. The standard InChI is InChI=1S/C13H16BrFN4O/c14-13-3-2-11(15)6-10(13)7-16-8-12-9-19(18-17-12)4-1-5-20/h2-3,6,9,16,20H,1,4-5,7-8H2. The minimum absolute atomic E-state index is 0.140. The highest BCUT2D eigenvalue weighted by molar-refractivity contribution is 9.10. The molecule has 0 aliphatic rings. The maximum atomic E-state index is 13.1. The van der Waals surface area contributed by atoms with Crippen LogP contribution in [0.25, 0.3) is 0 Å². The van der Waals surface area contributed by atoms with Gasteiger partial charge in [0.2, 0.25) is 0 Å². The summed E-state index contributed by atoms with van der Waals surface area (Å²) in [6.07, 6.45) is 2.50. The quantitative estimate of drug-likeness (QED) is 0.806. The number of hydrogen-bond acceptors (Lipinski definition) is 4. The summed E-state index contributed by atoms with van der Waals surface area (Å²) < 4.78 is 15.7. The van der Waals surface area contributed by atoms with E-state index >= 15 is 0 Å². The summed E-state index contributed by atoms with van der Waals surface area (Å²) in [7, 11) is 0. The van der Waals surface area contributed by atoms with Gasteiger partial charge in [0.15, 0.2) is 0 Å². The normalized spacial score (nSPS) is 10.9. The molecule has 1 aromatic carbocycles. The molecule has 2 aromatic rings. The maximum absolute atomic E-state index is 13.1. The molecular weight excluding hydrogens is 327 g/mol. The third-order valence-corrected chi connectivity index (χ3v) is 3.53. The Kier molecular flexibility index (Phi) is 5.63. The summed E-state index contributed by atoms with van der Waals surface area (Å²) in [5.41, 5.74) is 1.67. The SMILES string of the molecule is OCCCn1cc(CNCc2cc(F)ccc2Br)nn1. The molecule has 0 saturated heterocycles. The number of halogens is 2. The smallest absolute Gasteiger partial charge is 0.123 e. The van der Waals surface area contributed by atoms with Gasteiger partial charge >= 0.3 is 0 Å². The first-order chi connectivity index (χ1) is 9.69. The van der Waals surface area contributed by atoms with E-state index in [1.807, 2.05) is 6.20 Å². The zero-order valence-electron chi connectivity index (χ0n) is 10.9. The van der Waals surface area contributed by atoms with Crippen LogP contribution >= 0.6 is 15.9 Å². The molecule has 1 aromatic heterocycles. The van der Waals surface area contributed by atoms with Gasteiger partial charge in [-0.2, -0.15) is 0 Å². The highest BCUT2D eigenvalue weighted by Crippen LogP contribution is 2.17. The second-order valence-corrected chi connectivity index (χ2v) is 5.24. The van der Waals surface area contributed by atoms with Gasteiger partial charge in [0.25, 0.3) is 0 Å². The van der Waals surface area contributed by atoms with Gasteiger partial charge in [-0.3, -0.25) is 4.68 Å². The van der Waals surface area contributed by atoms with Crippen LogP contribution < -0.4 is 5.32 Å². The zero-order valence-corrected chi connectivity index (χ0v) is 12.5. The first-order valence-corrected chi connectivity index (χ1v) is 7.13. The van der Waals surface area contributed by atoms with Gasteiger partial charge in [-0.25, -0.2) is 4.39 Å². The molecule has 5 nitrogen and oxygen atoms in total. The van der Waals surface area contributed by atoms with E-state index in [9.17, 15) is 4.39 Å². The van der Waals surface area contributed by atoms with Gasteiger partial charge in [0.05, 0.1) is 5.69 Å². The molecule has 1 heterocycles. The second kappa shape index (κ2) is 7.47. The van der Waals surface area contributed by atoms with Crippen molar-refractivity contribution >= 4 is 15.9 Å². The Bertz CT molecular complexity index is 561. The Morgan fingerprint density at radius 2 is 2.20 bits per heavy atom. The van der Waals surface area contributed by atoms with E-state index in [4.69, 9.17) is 5.11 Å². The van der Waals surface area contributed by atoms with Crippen LogP contribution in [0, 0.1) is 5.82 Å². The molecule has 7 heteroatoms. The average Bonchev–Trinajstić information content (AvgIpc) is 2.88. The number of aromatic nitrogens is 3. The predicted molar refractivity (Wildman–Crippen MR) is 76.4 cm³/mol. The molecule has 0 aliphatic heterocycles. The van der Waals surface area contributed by atoms with Crippen LogP contribution in [0.2, 0.25) is 0 Å². The van der Waals surface area contributed by atoms with Gasteiger partial charge in [-0.15, -0.1) is 5.10 Å². The highest BCUT2D eigenvalue weighted by Gasteiger charge is 2.03.